The molecule has 1 aromatic heterocycles. The summed E-state index contributed by atoms with van der Waals surface area (Å²) < 4.78 is 40.0. The van der Waals surface area contributed by atoms with Gasteiger partial charge in [0, 0.05) is 29.8 Å². The number of alkyl halides is 2. The first-order valence-corrected chi connectivity index (χ1v) is 6.99. The number of hydrogen-bond acceptors (Lipinski definition) is 2. The van der Waals surface area contributed by atoms with Crippen molar-refractivity contribution < 1.29 is 18.0 Å². The third kappa shape index (κ3) is 1.80. The average Bonchev–Trinajstić information content (AvgIpc) is 2.66. The van der Waals surface area contributed by atoms with Gasteiger partial charge in [-0.1, -0.05) is 6.92 Å². The summed E-state index contributed by atoms with van der Waals surface area (Å²) in [4.78, 5) is 17.8. The number of aromatic nitrogens is 1. The lowest BCUT2D eigenvalue weighted by atomic mass is 9.70. The Morgan fingerprint density at radius 1 is 1.43 bits per heavy atom. The molecule has 3 atom stereocenters. The summed E-state index contributed by atoms with van der Waals surface area (Å²) in [6.45, 7) is 4.80. The fourth-order valence-corrected chi connectivity index (χ4v) is 3.47. The van der Waals surface area contributed by atoms with Gasteiger partial charge in [0.05, 0.1) is 12.2 Å². The van der Waals surface area contributed by atoms with Crippen molar-refractivity contribution in [1.82, 2.24) is 9.88 Å². The lowest BCUT2D eigenvalue weighted by Crippen LogP contribution is -2.46. The van der Waals surface area contributed by atoms with E-state index in [9.17, 15) is 18.0 Å². The lowest BCUT2D eigenvalue weighted by Gasteiger charge is -2.41. The van der Waals surface area contributed by atoms with Crippen molar-refractivity contribution >= 4 is 5.91 Å². The van der Waals surface area contributed by atoms with Crippen molar-refractivity contribution in [2.45, 2.75) is 39.2 Å². The summed E-state index contributed by atoms with van der Waals surface area (Å²) in [5.74, 6) is -1.01. The number of hydrogen-bond donors (Lipinski definition) is 0. The molecular formula is C15H17F3N2O. The van der Waals surface area contributed by atoms with E-state index >= 15 is 0 Å². The van der Waals surface area contributed by atoms with Gasteiger partial charge in [0.2, 0.25) is 5.91 Å². The maximum Gasteiger partial charge on any atom is 0.252 e. The van der Waals surface area contributed by atoms with Crippen LogP contribution in [0.2, 0.25) is 0 Å². The number of carbonyl (C=O) groups is 1. The van der Waals surface area contributed by atoms with Crippen LogP contribution in [0.4, 0.5) is 13.2 Å². The van der Waals surface area contributed by atoms with E-state index in [1.165, 1.54) is 24.9 Å². The molecule has 2 heterocycles. The molecule has 1 aliphatic carbocycles. The van der Waals surface area contributed by atoms with Crippen LogP contribution in [0.1, 0.15) is 43.9 Å². The van der Waals surface area contributed by atoms with Crippen LogP contribution in [0, 0.1) is 17.2 Å². The van der Waals surface area contributed by atoms with Gasteiger partial charge < -0.3 is 4.90 Å². The summed E-state index contributed by atoms with van der Waals surface area (Å²) in [6, 6.07) is -0.316. The van der Waals surface area contributed by atoms with Crippen LogP contribution < -0.4 is 0 Å². The van der Waals surface area contributed by atoms with Gasteiger partial charge in [0.1, 0.15) is 11.2 Å². The second-order valence-corrected chi connectivity index (χ2v) is 6.55. The molecule has 21 heavy (non-hydrogen) atoms. The summed E-state index contributed by atoms with van der Waals surface area (Å²) in [5, 5.41) is 0. The predicted molar refractivity (Wildman–Crippen MR) is 70.3 cm³/mol. The number of rotatable bonds is 2. The number of halogens is 3. The smallest absolute Gasteiger partial charge is 0.252 e. The number of nitrogens with zero attached hydrogens (tertiary/aromatic N) is 2. The van der Waals surface area contributed by atoms with E-state index in [0.29, 0.717) is 17.7 Å². The molecular weight excluding hydrogens is 281 g/mol. The maximum atomic E-state index is 13.8. The van der Waals surface area contributed by atoms with Gasteiger partial charge in [0.15, 0.2) is 0 Å². The summed E-state index contributed by atoms with van der Waals surface area (Å²) in [7, 11) is 0. The van der Waals surface area contributed by atoms with Gasteiger partial charge in [0.25, 0.3) is 6.43 Å². The molecule has 3 nitrogen and oxygen atoms in total. The SMILES string of the molecule is C[C@H]1CN(C(=O)C(C)(C)C(F)F)[C@@H]2c3cncc(F)c3C21. The van der Waals surface area contributed by atoms with Crippen molar-refractivity contribution in [2.24, 2.45) is 11.3 Å². The van der Waals surface area contributed by atoms with Crippen LogP contribution in [0.5, 0.6) is 0 Å². The van der Waals surface area contributed by atoms with Gasteiger partial charge in [-0.25, -0.2) is 13.2 Å². The van der Waals surface area contributed by atoms with Crippen LogP contribution in [0.25, 0.3) is 0 Å². The van der Waals surface area contributed by atoms with Crippen molar-refractivity contribution in [3.8, 4) is 0 Å². The molecule has 1 amide bonds. The third-order valence-electron chi connectivity index (χ3n) is 4.75. The Bertz CT molecular complexity index is 603. The van der Waals surface area contributed by atoms with Crippen molar-refractivity contribution in [3.05, 3.63) is 29.3 Å². The highest BCUT2D eigenvalue weighted by Crippen LogP contribution is 2.58. The minimum atomic E-state index is -2.73. The highest BCUT2D eigenvalue weighted by atomic mass is 19.3. The maximum absolute atomic E-state index is 13.8. The Labute approximate surface area is 121 Å². The second kappa shape index (κ2) is 4.45. The fraction of sp³-hybridized carbons (Fsp3) is 0.600. The number of amides is 1. The number of pyridine rings is 1. The zero-order valence-corrected chi connectivity index (χ0v) is 12.1. The monoisotopic (exact) mass is 298 g/mol. The molecule has 1 saturated heterocycles. The van der Waals surface area contributed by atoms with Crippen molar-refractivity contribution in [1.29, 1.82) is 0 Å². The summed E-state index contributed by atoms with van der Waals surface area (Å²) in [5.41, 5.74) is -0.485. The quantitative estimate of drug-likeness (QED) is 0.840. The fourth-order valence-electron chi connectivity index (χ4n) is 3.47. The lowest BCUT2D eigenvalue weighted by molar-refractivity contribution is -0.150. The molecule has 114 valence electrons. The molecule has 0 bridgehead atoms. The molecule has 3 rings (SSSR count). The van der Waals surface area contributed by atoms with Crippen molar-refractivity contribution in [2.75, 3.05) is 6.54 Å². The Kier molecular flexibility index (Phi) is 3.04. The number of fused-ring (bicyclic) bond motifs is 4. The van der Waals surface area contributed by atoms with Crippen LogP contribution in [-0.2, 0) is 4.79 Å². The molecule has 0 radical (unpaired) electrons. The zero-order valence-electron chi connectivity index (χ0n) is 12.1. The normalized spacial score (nSPS) is 27.4. The van der Waals surface area contributed by atoms with Gasteiger partial charge in [-0.3, -0.25) is 9.78 Å². The number of carbonyl (C=O) groups excluding carboxylic acids is 1. The van der Waals surface area contributed by atoms with Crippen LogP contribution in [0.3, 0.4) is 0 Å². The zero-order chi connectivity index (χ0) is 15.5. The highest BCUT2D eigenvalue weighted by Gasteiger charge is 2.55. The minimum Gasteiger partial charge on any atom is -0.334 e. The van der Waals surface area contributed by atoms with E-state index in [0.717, 1.165) is 6.20 Å². The van der Waals surface area contributed by atoms with Crippen LogP contribution >= 0.6 is 0 Å². The van der Waals surface area contributed by atoms with Gasteiger partial charge >= 0.3 is 0 Å². The predicted octanol–water partition coefficient (Wildman–Crippen LogP) is 3.13. The number of likely N-dealkylation sites (tertiary alicyclic amines) is 1. The van der Waals surface area contributed by atoms with Crippen LogP contribution in [-0.4, -0.2) is 28.8 Å². The molecule has 0 aromatic carbocycles. The van der Waals surface area contributed by atoms with Gasteiger partial charge in [-0.2, -0.15) is 0 Å². The Hall–Kier alpha value is -1.59. The summed E-state index contributed by atoms with van der Waals surface area (Å²) in [6.07, 6.45) is -0.0349. The molecule has 1 unspecified atom stereocenters. The molecule has 0 spiro atoms. The Balaban J connectivity index is 1.96. The minimum absolute atomic E-state index is 0.0526. The second-order valence-electron chi connectivity index (χ2n) is 6.55. The molecule has 6 heteroatoms. The molecule has 0 N–H and O–H groups in total. The van der Waals surface area contributed by atoms with E-state index in [1.807, 2.05) is 6.92 Å². The summed E-state index contributed by atoms with van der Waals surface area (Å²) >= 11 is 0. The largest absolute Gasteiger partial charge is 0.334 e. The molecule has 1 fully saturated rings. The molecule has 1 aromatic rings. The van der Waals surface area contributed by atoms with Gasteiger partial charge in [-0.15, -0.1) is 0 Å². The van der Waals surface area contributed by atoms with E-state index < -0.39 is 17.7 Å². The topological polar surface area (TPSA) is 33.2 Å². The first-order valence-electron chi connectivity index (χ1n) is 6.99. The molecule has 2 aliphatic rings. The molecule has 0 saturated carbocycles. The Morgan fingerprint density at radius 3 is 2.71 bits per heavy atom. The van der Waals surface area contributed by atoms with Gasteiger partial charge in [-0.05, 0) is 19.8 Å². The first kappa shape index (κ1) is 14.4. The van der Waals surface area contributed by atoms with E-state index in [2.05, 4.69) is 4.98 Å². The third-order valence-corrected chi connectivity index (χ3v) is 4.75. The van der Waals surface area contributed by atoms with E-state index in [-0.39, 0.29) is 23.7 Å². The Morgan fingerprint density at radius 2 is 2.10 bits per heavy atom. The average molecular weight is 298 g/mol. The van der Waals surface area contributed by atoms with E-state index in [4.69, 9.17) is 0 Å². The van der Waals surface area contributed by atoms with E-state index in [1.54, 1.807) is 0 Å². The standard InChI is InChI=1S/C15H17F3N2O/c1-7-6-20(14(21)15(2,3)13(17)18)12-8-4-19-5-9(16)11(8)10(7)12/h4-5,7,10,12-13H,6H2,1-3H3/t7-,10?,12+/m0/s1. The highest BCUT2D eigenvalue weighted by molar-refractivity contribution is 5.84. The van der Waals surface area contributed by atoms with Crippen LogP contribution in [0.15, 0.2) is 12.4 Å². The van der Waals surface area contributed by atoms with Crippen molar-refractivity contribution in [3.63, 3.8) is 0 Å². The molecule has 1 aliphatic heterocycles. The first-order chi connectivity index (χ1) is 9.76.